The summed E-state index contributed by atoms with van der Waals surface area (Å²) in [7, 11) is 1.91. The summed E-state index contributed by atoms with van der Waals surface area (Å²) >= 11 is 0. The van der Waals surface area contributed by atoms with Gasteiger partial charge in [0.25, 0.3) is 5.56 Å². The van der Waals surface area contributed by atoms with Crippen LogP contribution in [0, 0.1) is 11.6 Å². The highest BCUT2D eigenvalue weighted by molar-refractivity contribution is 5.97. The fraction of sp³-hybridized carbons (Fsp3) is 0.121. The molecule has 0 unspecified atom stereocenters. The van der Waals surface area contributed by atoms with Gasteiger partial charge in [-0.2, -0.15) is 5.10 Å². The van der Waals surface area contributed by atoms with E-state index in [4.69, 9.17) is 4.74 Å². The Balaban J connectivity index is 1.29. The fourth-order valence-electron chi connectivity index (χ4n) is 4.97. The Bertz CT molecular complexity index is 2170. The van der Waals surface area contributed by atoms with Gasteiger partial charge >= 0.3 is 5.69 Å². The number of halogens is 2. The Hall–Kier alpha value is -5.71. The quantitative estimate of drug-likeness (QED) is 0.189. The number of hydrogen-bond acceptors (Lipinski definition) is 5. The first kappa shape index (κ1) is 28.4. The highest BCUT2D eigenvalue weighted by Gasteiger charge is 2.20. The number of aromatic nitrogens is 5. The highest BCUT2D eigenvalue weighted by Crippen LogP contribution is 2.32. The summed E-state index contributed by atoms with van der Waals surface area (Å²) in [5.74, 6) is -1.51. The Morgan fingerprint density at radius 2 is 1.75 bits per heavy atom. The lowest BCUT2D eigenvalue weighted by Crippen LogP contribution is -2.41. The maximum absolute atomic E-state index is 15.4. The Morgan fingerprint density at radius 1 is 0.955 bits per heavy atom. The average Bonchev–Trinajstić information content (AvgIpc) is 3.49. The van der Waals surface area contributed by atoms with Crippen molar-refractivity contribution in [2.75, 3.05) is 0 Å². The summed E-state index contributed by atoms with van der Waals surface area (Å²) in [6.07, 6.45) is 8.24. The molecule has 0 spiro atoms. The van der Waals surface area contributed by atoms with E-state index in [0.717, 1.165) is 27.8 Å². The van der Waals surface area contributed by atoms with E-state index >= 15 is 4.39 Å². The third-order valence-corrected chi connectivity index (χ3v) is 7.21. The van der Waals surface area contributed by atoms with Crippen LogP contribution in [0.2, 0.25) is 0 Å². The molecule has 4 heterocycles. The molecule has 0 saturated carbocycles. The Kier molecular flexibility index (Phi) is 7.44. The highest BCUT2D eigenvalue weighted by atomic mass is 19.1. The molecule has 0 aliphatic heterocycles. The van der Waals surface area contributed by atoms with Crippen molar-refractivity contribution in [1.29, 1.82) is 0 Å². The van der Waals surface area contributed by atoms with Crippen LogP contribution in [-0.2, 0) is 20.0 Å². The summed E-state index contributed by atoms with van der Waals surface area (Å²) in [4.78, 5) is 39.5. The second kappa shape index (κ2) is 11.5. The van der Waals surface area contributed by atoms with Crippen molar-refractivity contribution in [3.63, 3.8) is 0 Å². The van der Waals surface area contributed by atoms with Crippen LogP contribution in [-0.4, -0.2) is 24.5 Å². The van der Waals surface area contributed by atoms with E-state index < -0.39 is 28.7 Å². The number of nitrogens with zero attached hydrogens (tertiary/aromatic N) is 5. The van der Waals surface area contributed by atoms with Crippen molar-refractivity contribution >= 4 is 11.3 Å². The molecule has 0 atom stereocenters. The van der Waals surface area contributed by atoms with Crippen molar-refractivity contribution in [3.05, 3.63) is 141 Å². The fourth-order valence-corrected chi connectivity index (χ4v) is 4.97. The van der Waals surface area contributed by atoms with Crippen LogP contribution < -0.4 is 20.6 Å². The van der Waals surface area contributed by atoms with Gasteiger partial charge < -0.3 is 4.74 Å². The maximum Gasteiger partial charge on any atom is 0.335 e. The van der Waals surface area contributed by atoms with Crippen LogP contribution in [0.1, 0.15) is 22.8 Å². The number of hydrogen-bond donors (Lipinski definition) is 0. The number of carbonyl (C=O) groups is 1. The number of pyridine rings is 2. The first-order valence-electron chi connectivity index (χ1n) is 13.8. The second-order valence-electron chi connectivity index (χ2n) is 10.2. The average molecular weight is 595 g/mol. The molecule has 2 aromatic carbocycles. The largest absolute Gasteiger partial charge is 0.452 e. The number of fused-ring (bicyclic) bond motifs is 1. The molecule has 4 aromatic heterocycles. The van der Waals surface area contributed by atoms with Crippen LogP contribution in [0.5, 0.6) is 11.5 Å². The minimum Gasteiger partial charge on any atom is -0.452 e. The number of rotatable bonds is 8. The number of benzene rings is 2. The lowest BCUT2D eigenvalue weighted by Gasteiger charge is -2.13. The molecule has 44 heavy (non-hydrogen) atoms. The molecule has 0 saturated heterocycles. The smallest absolute Gasteiger partial charge is 0.335 e. The van der Waals surface area contributed by atoms with Gasteiger partial charge in [-0.1, -0.05) is 6.07 Å². The SMILES string of the molecule is CCn1cc(C(=O)Cc2ccc(Oc3cc(-c4ccc[n+](C)c4)cn4nccc34)c(F)c2)c(=O)n(-c2ccc(F)cc2)c1=O. The molecule has 0 aliphatic rings. The van der Waals surface area contributed by atoms with Gasteiger partial charge in [-0.3, -0.25) is 14.2 Å². The maximum atomic E-state index is 15.4. The molecular formula is C33H26F2N5O4+. The third kappa shape index (κ3) is 5.42. The number of carbonyl (C=O) groups excluding carboxylic acids is 1. The minimum atomic E-state index is -0.839. The molecule has 220 valence electrons. The molecule has 0 radical (unpaired) electrons. The van der Waals surface area contributed by atoms with Gasteiger partial charge in [0, 0.05) is 42.6 Å². The van der Waals surface area contributed by atoms with Crippen molar-refractivity contribution < 1.29 is 22.9 Å². The van der Waals surface area contributed by atoms with E-state index in [-0.39, 0.29) is 30.0 Å². The molecule has 6 rings (SSSR count). The number of aryl methyl sites for hydroxylation is 2. The zero-order chi connectivity index (χ0) is 31.0. The number of ketones is 1. The molecule has 11 heteroatoms. The zero-order valence-corrected chi connectivity index (χ0v) is 23.8. The van der Waals surface area contributed by atoms with Crippen LogP contribution >= 0.6 is 0 Å². The molecule has 0 amide bonds. The molecule has 0 fully saturated rings. The lowest BCUT2D eigenvalue weighted by molar-refractivity contribution is -0.671. The van der Waals surface area contributed by atoms with Crippen LogP contribution in [0.4, 0.5) is 8.78 Å². The van der Waals surface area contributed by atoms with E-state index in [9.17, 15) is 18.8 Å². The molecule has 0 bridgehead atoms. The second-order valence-corrected chi connectivity index (χ2v) is 10.2. The van der Waals surface area contributed by atoms with Crippen molar-refractivity contribution in [1.82, 2.24) is 18.7 Å². The minimum absolute atomic E-state index is 0.0572. The van der Waals surface area contributed by atoms with E-state index in [1.807, 2.05) is 42.3 Å². The molecule has 0 N–H and O–H groups in total. The molecular weight excluding hydrogens is 568 g/mol. The summed E-state index contributed by atoms with van der Waals surface area (Å²) < 4.78 is 40.4. The number of Topliss-reactive ketones (excluding diaryl/α,β-unsaturated/α-hetero) is 1. The number of ether oxygens (including phenoxy) is 1. The van der Waals surface area contributed by atoms with Gasteiger partial charge in [-0.15, -0.1) is 0 Å². The standard InChI is InChI=1S/C33H26F2N5O4/c1-3-38-20-26(32(42)40(33(38)43)25-9-7-24(34)8-10-25)29(41)16-21-6-11-30(27(35)15-21)44-31-17-23(19-39-28(31)12-13-36-39)22-5-4-14-37(2)18-22/h4-15,17-20H,3,16H2,1-2H3/q+1. The third-order valence-electron chi connectivity index (χ3n) is 7.21. The normalized spacial score (nSPS) is 11.2. The van der Waals surface area contributed by atoms with Gasteiger partial charge in [0.1, 0.15) is 23.9 Å². The van der Waals surface area contributed by atoms with Crippen LogP contribution in [0.15, 0.2) is 107 Å². The summed E-state index contributed by atoms with van der Waals surface area (Å²) in [5.41, 5.74) is 1.06. The predicted molar refractivity (Wildman–Crippen MR) is 158 cm³/mol. The summed E-state index contributed by atoms with van der Waals surface area (Å²) in [6.45, 7) is 1.88. The first-order valence-corrected chi connectivity index (χ1v) is 13.8. The van der Waals surface area contributed by atoms with Gasteiger partial charge in [0.2, 0.25) is 0 Å². The first-order chi connectivity index (χ1) is 21.2. The van der Waals surface area contributed by atoms with Crippen molar-refractivity contribution in [2.45, 2.75) is 19.9 Å². The molecule has 6 aromatic rings. The zero-order valence-electron chi connectivity index (χ0n) is 23.8. The summed E-state index contributed by atoms with van der Waals surface area (Å²) in [6, 6.07) is 16.4. The van der Waals surface area contributed by atoms with Gasteiger partial charge in [0.15, 0.2) is 35.5 Å². The van der Waals surface area contributed by atoms with Gasteiger partial charge in [0.05, 0.1) is 11.9 Å². The Morgan fingerprint density at radius 3 is 2.48 bits per heavy atom. The van der Waals surface area contributed by atoms with Gasteiger partial charge in [-0.25, -0.2) is 27.2 Å². The van der Waals surface area contributed by atoms with Crippen molar-refractivity contribution in [2.24, 2.45) is 7.05 Å². The van der Waals surface area contributed by atoms with E-state index in [1.54, 1.807) is 35.8 Å². The topological polar surface area (TPSA) is 91.5 Å². The Labute approximate surface area is 249 Å². The lowest BCUT2D eigenvalue weighted by atomic mass is 10.0. The van der Waals surface area contributed by atoms with E-state index in [2.05, 4.69) is 5.10 Å². The van der Waals surface area contributed by atoms with Crippen molar-refractivity contribution in [3.8, 4) is 28.3 Å². The van der Waals surface area contributed by atoms with E-state index in [0.29, 0.717) is 16.8 Å². The van der Waals surface area contributed by atoms with Gasteiger partial charge in [-0.05, 0) is 67.1 Å². The monoisotopic (exact) mass is 594 g/mol. The van der Waals surface area contributed by atoms with Crippen LogP contribution in [0.25, 0.3) is 22.3 Å². The summed E-state index contributed by atoms with van der Waals surface area (Å²) in [5, 5.41) is 4.32. The molecule has 9 nitrogen and oxygen atoms in total. The van der Waals surface area contributed by atoms with E-state index in [1.165, 1.54) is 35.0 Å². The van der Waals surface area contributed by atoms with Crippen LogP contribution in [0.3, 0.4) is 0 Å². The molecule has 0 aliphatic carbocycles. The predicted octanol–water partition coefficient (Wildman–Crippen LogP) is 4.65.